The van der Waals surface area contributed by atoms with Crippen molar-refractivity contribution < 1.29 is 14.5 Å². The van der Waals surface area contributed by atoms with Crippen molar-refractivity contribution in [1.29, 1.82) is 0 Å². The van der Waals surface area contributed by atoms with Crippen LogP contribution in [0.4, 0.5) is 17.2 Å². The number of nitro groups is 1. The van der Waals surface area contributed by atoms with Crippen molar-refractivity contribution in [3.05, 3.63) is 60.8 Å². The van der Waals surface area contributed by atoms with Gasteiger partial charge in [-0.15, -0.1) is 0 Å². The summed E-state index contributed by atoms with van der Waals surface area (Å²) in [6.45, 7) is 7.26. The second-order valence-electron chi connectivity index (χ2n) is 8.83. The monoisotopic (exact) mass is 474 g/mol. The number of carbonyl (C=O) groups is 2. The van der Waals surface area contributed by atoms with Crippen LogP contribution in [-0.4, -0.2) is 51.3 Å². The van der Waals surface area contributed by atoms with Crippen molar-refractivity contribution in [3.63, 3.8) is 0 Å². The number of rotatable bonds is 9. The van der Waals surface area contributed by atoms with Gasteiger partial charge in [-0.2, -0.15) is 0 Å². The number of aromatic amines is 1. The number of amides is 2. The average Bonchev–Trinajstić information content (AvgIpc) is 2.74. The molecule has 0 saturated carbocycles. The Kier molecular flexibility index (Phi) is 8.33. The van der Waals surface area contributed by atoms with E-state index in [1.165, 1.54) is 35.9 Å². The van der Waals surface area contributed by atoms with Gasteiger partial charge < -0.3 is 15.5 Å². The first-order valence-electron chi connectivity index (χ1n) is 10.8. The Balaban J connectivity index is 2.45. The van der Waals surface area contributed by atoms with E-state index in [0.717, 1.165) is 9.80 Å². The molecule has 0 unspecified atom stereocenters. The molecule has 0 radical (unpaired) electrons. The molecule has 0 spiro atoms. The van der Waals surface area contributed by atoms with E-state index in [1.54, 1.807) is 0 Å². The smallest absolute Gasteiger partial charge is 0.330 e. The number of carbonyl (C=O) groups excluding carboxylic acids is 2. The van der Waals surface area contributed by atoms with Crippen LogP contribution in [0.1, 0.15) is 38.1 Å². The molecular weight excluding hydrogens is 444 g/mol. The van der Waals surface area contributed by atoms with Crippen LogP contribution in [0, 0.1) is 22.0 Å². The average molecular weight is 475 g/mol. The number of anilines is 2. The lowest BCUT2D eigenvalue weighted by atomic mass is 10.1. The fourth-order valence-electron chi connectivity index (χ4n) is 3.45. The van der Waals surface area contributed by atoms with Crippen molar-refractivity contribution in [2.75, 3.05) is 30.8 Å². The summed E-state index contributed by atoms with van der Waals surface area (Å²) in [5, 5.41) is 11.3. The summed E-state index contributed by atoms with van der Waals surface area (Å²) >= 11 is 0. The fraction of sp³-hybridized carbons (Fsp3) is 0.455. The zero-order valence-electron chi connectivity index (χ0n) is 19.9. The van der Waals surface area contributed by atoms with Crippen molar-refractivity contribution in [1.82, 2.24) is 14.5 Å². The standard InChI is InChI=1S/C22H30N6O6/c1-13(2)10-26(18-19(23)27(11-14(3)4)22(32)24-20(18)30)17(29)12-25(5)21(31)15-8-6-7-9-16(15)28(33)34/h6-9,13-14H,10-12,23H2,1-5H3,(H,24,30,32). The van der Waals surface area contributed by atoms with Gasteiger partial charge in [-0.25, -0.2) is 4.79 Å². The molecule has 184 valence electrons. The Labute approximate surface area is 196 Å². The quantitative estimate of drug-likeness (QED) is 0.410. The number of nitro benzene ring substituents is 1. The predicted molar refractivity (Wildman–Crippen MR) is 128 cm³/mol. The van der Waals surface area contributed by atoms with Crippen LogP contribution in [0.5, 0.6) is 0 Å². The molecule has 0 fully saturated rings. The first kappa shape index (κ1) is 26.3. The molecule has 2 amide bonds. The lowest BCUT2D eigenvalue weighted by Crippen LogP contribution is -2.47. The molecule has 1 aromatic heterocycles. The Hall–Kier alpha value is -3.96. The molecule has 34 heavy (non-hydrogen) atoms. The number of benzene rings is 1. The molecule has 0 aliphatic carbocycles. The zero-order valence-corrected chi connectivity index (χ0v) is 19.9. The van der Waals surface area contributed by atoms with Gasteiger partial charge in [-0.3, -0.25) is 34.0 Å². The van der Waals surface area contributed by atoms with Crippen molar-refractivity contribution in [2.45, 2.75) is 34.2 Å². The van der Waals surface area contributed by atoms with Crippen molar-refractivity contribution in [3.8, 4) is 0 Å². The first-order chi connectivity index (χ1) is 15.8. The van der Waals surface area contributed by atoms with Crippen LogP contribution < -0.4 is 21.9 Å². The molecule has 1 heterocycles. The molecule has 0 saturated heterocycles. The van der Waals surface area contributed by atoms with Gasteiger partial charge in [0.2, 0.25) is 5.91 Å². The highest BCUT2D eigenvalue weighted by Gasteiger charge is 2.29. The summed E-state index contributed by atoms with van der Waals surface area (Å²) in [5.41, 5.74) is 3.96. The molecule has 0 aliphatic rings. The second kappa shape index (κ2) is 10.8. The molecule has 0 bridgehead atoms. The second-order valence-corrected chi connectivity index (χ2v) is 8.83. The normalized spacial score (nSPS) is 11.0. The van der Waals surface area contributed by atoms with Gasteiger partial charge in [0.25, 0.3) is 17.2 Å². The van der Waals surface area contributed by atoms with Gasteiger partial charge in [-0.1, -0.05) is 39.8 Å². The van der Waals surface area contributed by atoms with Gasteiger partial charge >= 0.3 is 5.69 Å². The van der Waals surface area contributed by atoms with Gasteiger partial charge in [-0.05, 0) is 17.9 Å². The van der Waals surface area contributed by atoms with E-state index < -0.39 is 34.5 Å². The maximum Gasteiger partial charge on any atom is 0.330 e. The maximum absolute atomic E-state index is 13.3. The Morgan fingerprint density at radius 1 is 1.15 bits per heavy atom. The number of hydrogen-bond donors (Lipinski definition) is 2. The van der Waals surface area contributed by atoms with Crippen molar-refractivity contribution >= 4 is 29.0 Å². The summed E-state index contributed by atoms with van der Waals surface area (Å²) in [4.78, 5) is 66.1. The Morgan fingerprint density at radius 2 is 1.76 bits per heavy atom. The maximum atomic E-state index is 13.3. The van der Waals surface area contributed by atoms with Gasteiger partial charge in [0.15, 0.2) is 5.69 Å². The van der Waals surface area contributed by atoms with E-state index in [0.29, 0.717) is 0 Å². The highest BCUT2D eigenvalue weighted by molar-refractivity contribution is 6.02. The van der Waals surface area contributed by atoms with Gasteiger partial charge in [0.05, 0.1) is 4.92 Å². The topological polar surface area (TPSA) is 165 Å². The number of nitrogens with two attached hydrogens (primary N) is 1. The lowest BCUT2D eigenvalue weighted by molar-refractivity contribution is -0.385. The van der Waals surface area contributed by atoms with E-state index in [9.17, 15) is 29.3 Å². The summed E-state index contributed by atoms with van der Waals surface area (Å²) in [5.74, 6) is -1.54. The van der Waals surface area contributed by atoms with Gasteiger partial charge in [0, 0.05) is 26.2 Å². The number of nitrogens with one attached hydrogen (secondary N) is 1. The molecule has 1 aromatic carbocycles. The highest BCUT2D eigenvalue weighted by atomic mass is 16.6. The summed E-state index contributed by atoms with van der Waals surface area (Å²) in [6.07, 6.45) is 0. The SMILES string of the molecule is CC(C)CN(C(=O)CN(C)C(=O)c1ccccc1[N+](=O)[O-])c1c(N)n(CC(C)C)c(=O)[nH]c1=O. The molecular formula is C22H30N6O6. The number of nitrogens with zero attached hydrogens (tertiary/aromatic N) is 4. The summed E-state index contributed by atoms with van der Waals surface area (Å²) < 4.78 is 1.20. The largest absolute Gasteiger partial charge is 0.383 e. The number of hydrogen-bond acceptors (Lipinski definition) is 7. The molecule has 0 atom stereocenters. The number of likely N-dealkylation sites (N-methyl/N-ethyl adjacent to an activating group) is 1. The molecule has 2 aromatic rings. The minimum atomic E-state index is -0.816. The van der Waals surface area contributed by atoms with Gasteiger partial charge in [0.1, 0.15) is 17.9 Å². The third-order valence-electron chi connectivity index (χ3n) is 4.93. The van der Waals surface area contributed by atoms with Crippen molar-refractivity contribution in [2.24, 2.45) is 11.8 Å². The Morgan fingerprint density at radius 3 is 2.32 bits per heavy atom. The molecule has 12 heteroatoms. The van der Waals surface area contributed by atoms with Crippen LogP contribution >= 0.6 is 0 Å². The minimum absolute atomic E-state index is 0.0402. The molecule has 0 aliphatic heterocycles. The summed E-state index contributed by atoms with van der Waals surface area (Å²) in [7, 11) is 1.33. The van der Waals surface area contributed by atoms with E-state index in [1.807, 2.05) is 27.7 Å². The lowest BCUT2D eigenvalue weighted by Gasteiger charge is -2.28. The predicted octanol–water partition coefficient (Wildman–Crippen LogP) is 1.44. The van der Waals surface area contributed by atoms with Crippen LogP contribution in [0.2, 0.25) is 0 Å². The number of para-hydroxylation sites is 1. The molecule has 3 N–H and O–H groups in total. The fourth-order valence-corrected chi connectivity index (χ4v) is 3.45. The van der Waals surface area contributed by atoms with Crippen LogP contribution in [0.15, 0.2) is 33.9 Å². The van der Waals surface area contributed by atoms with E-state index >= 15 is 0 Å². The van der Waals surface area contributed by atoms with E-state index in [-0.39, 0.29) is 47.7 Å². The zero-order chi connectivity index (χ0) is 25.7. The third kappa shape index (κ3) is 5.88. The Bertz CT molecular complexity index is 1200. The number of aromatic nitrogens is 2. The number of H-pyrrole nitrogens is 1. The van der Waals surface area contributed by atoms with E-state index in [4.69, 9.17) is 5.73 Å². The minimum Gasteiger partial charge on any atom is -0.383 e. The van der Waals surface area contributed by atoms with Crippen LogP contribution in [-0.2, 0) is 11.3 Å². The molecule has 12 nitrogen and oxygen atoms in total. The molecule has 2 rings (SSSR count). The first-order valence-corrected chi connectivity index (χ1v) is 10.8. The summed E-state index contributed by atoms with van der Waals surface area (Å²) in [6, 6.07) is 5.43. The van der Waals surface area contributed by atoms with E-state index in [2.05, 4.69) is 4.98 Å². The third-order valence-corrected chi connectivity index (χ3v) is 4.93. The van der Waals surface area contributed by atoms with Crippen LogP contribution in [0.25, 0.3) is 0 Å². The highest BCUT2D eigenvalue weighted by Crippen LogP contribution is 2.21. The van der Waals surface area contributed by atoms with Crippen LogP contribution in [0.3, 0.4) is 0 Å². The number of nitrogen functional groups attached to an aromatic ring is 1.